The molecule has 16 heavy (non-hydrogen) atoms. The zero-order chi connectivity index (χ0) is 12.9. The standard InChI is InChI=1S/C6H6Cl5O4P/c1-13-16(12,14-2)15-4(6(10)11)3(7)5(8)9/h1-2H3. The minimum atomic E-state index is -3.85. The summed E-state index contributed by atoms with van der Waals surface area (Å²) in [6.07, 6.45) is 0. The van der Waals surface area contributed by atoms with Crippen LogP contribution >= 0.6 is 65.8 Å². The van der Waals surface area contributed by atoms with Crippen LogP contribution in [0.3, 0.4) is 0 Å². The van der Waals surface area contributed by atoms with Gasteiger partial charge in [0, 0.05) is 14.2 Å². The van der Waals surface area contributed by atoms with Crippen molar-refractivity contribution in [3.63, 3.8) is 0 Å². The summed E-state index contributed by atoms with van der Waals surface area (Å²) in [5.41, 5.74) is 0. The average molecular weight is 350 g/mol. The molecule has 0 saturated heterocycles. The Morgan fingerprint density at radius 3 is 1.62 bits per heavy atom. The van der Waals surface area contributed by atoms with E-state index >= 15 is 0 Å². The van der Waals surface area contributed by atoms with Crippen LogP contribution in [0.2, 0.25) is 0 Å². The summed E-state index contributed by atoms with van der Waals surface area (Å²) in [6.45, 7) is 0. The Morgan fingerprint density at radius 2 is 1.38 bits per heavy atom. The van der Waals surface area contributed by atoms with Crippen LogP contribution in [0.1, 0.15) is 0 Å². The Labute approximate surface area is 118 Å². The van der Waals surface area contributed by atoms with E-state index in [1.165, 1.54) is 0 Å². The van der Waals surface area contributed by atoms with Crippen LogP contribution in [-0.2, 0) is 18.1 Å². The Balaban J connectivity index is 5.26. The van der Waals surface area contributed by atoms with Crippen molar-refractivity contribution in [3.8, 4) is 0 Å². The summed E-state index contributed by atoms with van der Waals surface area (Å²) in [4.78, 5) is 0. The third kappa shape index (κ3) is 5.03. The monoisotopic (exact) mass is 348 g/mol. The fourth-order valence-electron chi connectivity index (χ4n) is 0.504. The van der Waals surface area contributed by atoms with Crippen molar-refractivity contribution in [1.29, 1.82) is 0 Å². The van der Waals surface area contributed by atoms with Crippen LogP contribution in [-0.4, -0.2) is 14.2 Å². The molecule has 0 unspecified atom stereocenters. The Hall–Kier alpha value is 0.880. The molecule has 0 bridgehead atoms. The maximum Gasteiger partial charge on any atom is 0.529 e. The van der Waals surface area contributed by atoms with Gasteiger partial charge in [0.05, 0.1) is 0 Å². The van der Waals surface area contributed by atoms with Gasteiger partial charge in [-0.15, -0.1) is 0 Å². The van der Waals surface area contributed by atoms with Crippen molar-refractivity contribution in [2.75, 3.05) is 14.2 Å². The summed E-state index contributed by atoms with van der Waals surface area (Å²) in [5, 5.41) is -0.322. The van der Waals surface area contributed by atoms with E-state index in [2.05, 4.69) is 9.05 Å². The molecule has 0 heterocycles. The molecule has 0 rings (SSSR count). The fourth-order valence-corrected chi connectivity index (χ4v) is 2.04. The third-order valence-corrected chi connectivity index (χ3v) is 3.76. The average Bonchev–Trinajstić information content (AvgIpc) is 2.24. The number of phosphoric acid groups is 1. The molecule has 0 amide bonds. The summed E-state index contributed by atoms with van der Waals surface area (Å²) in [6, 6.07) is 0. The highest BCUT2D eigenvalue weighted by molar-refractivity contribution is 7.48. The first-order valence-electron chi connectivity index (χ1n) is 3.45. The topological polar surface area (TPSA) is 44.8 Å². The van der Waals surface area contributed by atoms with Crippen molar-refractivity contribution in [2.24, 2.45) is 0 Å². The maximum absolute atomic E-state index is 11.6. The number of phosphoric ester groups is 1. The van der Waals surface area contributed by atoms with Crippen LogP contribution in [0.25, 0.3) is 0 Å². The van der Waals surface area contributed by atoms with E-state index in [0.717, 1.165) is 14.2 Å². The highest BCUT2D eigenvalue weighted by Gasteiger charge is 2.29. The van der Waals surface area contributed by atoms with E-state index in [-0.39, 0.29) is 9.52 Å². The van der Waals surface area contributed by atoms with Gasteiger partial charge in [-0.3, -0.25) is 9.05 Å². The lowest BCUT2D eigenvalue weighted by Gasteiger charge is -2.16. The van der Waals surface area contributed by atoms with E-state index in [4.69, 9.17) is 62.5 Å². The largest absolute Gasteiger partial charge is 0.529 e. The molecular weight excluding hydrogens is 344 g/mol. The van der Waals surface area contributed by atoms with Gasteiger partial charge in [0.2, 0.25) is 0 Å². The van der Waals surface area contributed by atoms with Gasteiger partial charge in [0.1, 0.15) is 9.52 Å². The number of rotatable bonds is 5. The predicted octanol–water partition coefficient (Wildman–Crippen LogP) is 4.94. The zero-order valence-corrected chi connectivity index (χ0v) is 12.6. The van der Waals surface area contributed by atoms with Gasteiger partial charge < -0.3 is 4.52 Å². The quantitative estimate of drug-likeness (QED) is 0.400. The number of halogens is 5. The highest BCUT2D eigenvalue weighted by Crippen LogP contribution is 2.52. The van der Waals surface area contributed by atoms with Gasteiger partial charge in [-0.05, 0) is 0 Å². The summed E-state index contributed by atoms with van der Waals surface area (Å²) in [7, 11) is -1.65. The van der Waals surface area contributed by atoms with Crippen LogP contribution in [0.4, 0.5) is 0 Å². The molecule has 10 heteroatoms. The molecule has 94 valence electrons. The predicted molar refractivity (Wildman–Crippen MR) is 66.0 cm³/mol. The maximum atomic E-state index is 11.6. The molecule has 0 aliphatic carbocycles. The van der Waals surface area contributed by atoms with E-state index in [0.29, 0.717) is 0 Å². The zero-order valence-electron chi connectivity index (χ0n) is 7.97. The van der Waals surface area contributed by atoms with Crippen molar-refractivity contribution in [2.45, 2.75) is 0 Å². The van der Waals surface area contributed by atoms with E-state index < -0.39 is 18.1 Å². The lowest BCUT2D eigenvalue weighted by Crippen LogP contribution is -1.97. The molecule has 0 radical (unpaired) electrons. The van der Waals surface area contributed by atoms with Crippen molar-refractivity contribution < 1.29 is 18.1 Å². The second-order valence-electron chi connectivity index (χ2n) is 2.07. The molecule has 0 aromatic rings. The Bertz CT molecular complexity index is 350. The molecule has 0 atom stereocenters. The Kier molecular flexibility index (Phi) is 7.75. The molecule has 0 aromatic carbocycles. The lowest BCUT2D eigenvalue weighted by molar-refractivity contribution is 0.186. The summed E-state index contributed by atoms with van der Waals surface area (Å²) >= 11 is 27.3. The van der Waals surface area contributed by atoms with Gasteiger partial charge in [-0.25, -0.2) is 4.57 Å². The number of hydrogen-bond donors (Lipinski definition) is 0. The van der Waals surface area contributed by atoms with Crippen molar-refractivity contribution in [3.05, 3.63) is 19.8 Å². The van der Waals surface area contributed by atoms with Gasteiger partial charge in [0.15, 0.2) is 10.3 Å². The molecule has 0 spiro atoms. The molecule has 0 aliphatic rings. The van der Waals surface area contributed by atoms with Crippen LogP contribution < -0.4 is 0 Å². The number of hydrogen-bond acceptors (Lipinski definition) is 4. The van der Waals surface area contributed by atoms with E-state index in [9.17, 15) is 4.57 Å². The molecule has 0 aliphatic heterocycles. The normalized spacial score (nSPS) is 10.9. The molecule has 4 nitrogen and oxygen atoms in total. The minimum Gasteiger partial charge on any atom is -0.400 e. The molecule has 0 N–H and O–H groups in total. The van der Waals surface area contributed by atoms with Gasteiger partial charge in [0.25, 0.3) is 0 Å². The third-order valence-electron chi connectivity index (χ3n) is 1.19. The first-order chi connectivity index (χ1) is 7.27. The van der Waals surface area contributed by atoms with Gasteiger partial charge in [-0.2, -0.15) is 0 Å². The molecule has 0 saturated carbocycles. The van der Waals surface area contributed by atoms with Crippen molar-refractivity contribution >= 4 is 65.8 Å². The number of allylic oxidation sites excluding steroid dienone is 1. The van der Waals surface area contributed by atoms with E-state index in [1.54, 1.807) is 0 Å². The summed E-state index contributed by atoms with van der Waals surface area (Å²) < 4.78 is 24.6. The fraction of sp³-hybridized carbons (Fsp3) is 0.333. The molecular formula is C6H6Cl5O4P. The van der Waals surface area contributed by atoms with E-state index in [1.807, 2.05) is 0 Å². The smallest absolute Gasteiger partial charge is 0.400 e. The highest BCUT2D eigenvalue weighted by atomic mass is 35.5. The minimum absolute atomic E-state index is 0.322. The Morgan fingerprint density at radius 1 is 0.938 bits per heavy atom. The van der Waals surface area contributed by atoms with Crippen LogP contribution in [0.5, 0.6) is 0 Å². The SMILES string of the molecule is COP(=O)(OC)OC(=C(Cl)Cl)C(Cl)=C(Cl)Cl. The summed E-state index contributed by atoms with van der Waals surface area (Å²) in [5.74, 6) is -0.406. The van der Waals surface area contributed by atoms with Gasteiger partial charge >= 0.3 is 7.82 Å². The van der Waals surface area contributed by atoms with Gasteiger partial charge in [-0.1, -0.05) is 58.0 Å². The molecule has 0 aromatic heterocycles. The van der Waals surface area contributed by atoms with Crippen molar-refractivity contribution in [1.82, 2.24) is 0 Å². The van der Waals surface area contributed by atoms with Crippen LogP contribution in [0, 0.1) is 0 Å². The second-order valence-corrected chi connectivity index (χ2v) is 6.15. The first-order valence-corrected chi connectivity index (χ1v) is 6.80. The first kappa shape index (κ1) is 16.9. The second kappa shape index (κ2) is 7.34. The lowest BCUT2D eigenvalue weighted by atomic mass is 10.5. The molecule has 0 fully saturated rings. The van der Waals surface area contributed by atoms with Crippen LogP contribution in [0.15, 0.2) is 19.8 Å².